The molecular weight excluding hydrogens is 226 g/mol. The Morgan fingerprint density at radius 1 is 1.22 bits per heavy atom. The maximum absolute atomic E-state index is 4.52. The van der Waals surface area contributed by atoms with E-state index in [2.05, 4.69) is 39.7 Å². The van der Waals surface area contributed by atoms with Gasteiger partial charge in [-0.1, -0.05) is 13.8 Å². The molecule has 2 N–H and O–H groups in total. The van der Waals surface area contributed by atoms with Crippen molar-refractivity contribution in [2.45, 2.75) is 52.0 Å². The molecule has 1 atom stereocenters. The van der Waals surface area contributed by atoms with Crippen molar-refractivity contribution >= 4 is 5.95 Å². The van der Waals surface area contributed by atoms with E-state index < -0.39 is 0 Å². The normalized spacial score (nSPS) is 19.1. The van der Waals surface area contributed by atoms with Crippen LogP contribution < -0.4 is 10.6 Å². The average molecular weight is 249 g/mol. The first-order valence-electron chi connectivity index (χ1n) is 7.03. The summed E-state index contributed by atoms with van der Waals surface area (Å²) in [6.07, 6.45) is 5.52. The van der Waals surface area contributed by atoms with Crippen LogP contribution in [0.3, 0.4) is 0 Å². The van der Waals surface area contributed by atoms with Crippen LogP contribution in [-0.4, -0.2) is 34.3 Å². The Balaban J connectivity index is 1.84. The van der Waals surface area contributed by atoms with E-state index in [1.54, 1.807) is 0 Å². The minimum Gasteiger partial charge on any atom is -0.353 e. The van der Waals surface area contributed by atoms with Crippen LogP contribution in [0.15, 0.2) is 0 Å². The molecule has 5 heteroatoms. The van der Waals surface area contributed by atoms with Gasteiger partial charge in [0.2, 0.25) is 5.95 Å². The molecule has 1 aliphatic heterocycles. The summed E-state index contributed by atoms with van der Waals surface area (Å²) in [5, 5.41) is 15.1. The lowest BCUT2D eigenvalue weighted by Gasteiger charge is -2.11. The lowest BCUT2D eigenvalue weighted by atomic mass is 10.1. The zero-order chi connectivity index (χ0) is 12.8. The molecule has 0 unspecified atom stereocenters. The van der Waals surface area contributed by atoms with E-state index in [0.29, 0.717) is 12.0 Å². The van der Waals surface area contributed by atoms with E-state index in [1.165, 1.54) is 12.8 Å². The van der Waals surface area contributed by atoms with Crippen molar-refractivity contribution in [2.24, 2.45) is 0 Å². The standard InChI is InChI=1S/C13H23N5/c1-3-11-12(4-2)17-18-13(16-11)15-9-7-10-6-5-8-14-10/h10,14H,3-9H2,1-2H3,(H,15,16,18)/t10-/m0/s1. The first-order chi connectivity index (χ1) is 8.83. The number of rotatable bonds is 6. The Morgan fingerprint density at radius 3 is 2.72 bits per heavy atom. The molecule has 0 aromatic carbocycles. The summed E-state index contributed by atoms with van der Waals surface area (Å²) in [5.74, 6) is 0.669. The van der Waals surface area contributed by atoms with Crippen molar-refractivity contribution in [1.29, 1.82) is 0 Å². The molecule has 0 radical (unpaired) electrons. The van der Waals surface area contributed by atoms with Gasteiger partial charge in [0.1, 0.15) is 0 Å². The van der Waals surface area contributed by atoms with E-state index in [1.807, 2.05) is 0 Å². The minimum absolute atomic E-state index is 0.658. The summed E-state index contributed by atoms with van der Waals surface area (Å²) in [7, 11) is 0. The first-order valence-corrected chi connectivity index (χ1v) is 7.03. The molecule has 0 saturated carbocycles. The maximum atomic E-state index is 4.52. The molecule has 1 aliphatic rings. The van der Waals surface area contributed by atoms with Gasteiger partial charge in [0.15, 0.2) is 0 Å². The van der Waals surface area contributed by atoms with Crippen LogP contribution in [0.2, 0.25) is 0 Å². The molecule has 1 saturated heterocycles. The quantitative estimate of drug-likeness (QED) is 0.801. The molecule has 1 aromatic rings. The van der Waals surface area contributed by atoms with Gasteiger partial charge in [-0.3, -0.25) is 0 Å². The third-order valence-electron chi connectivity index (χ3n) is 3.45. The third-order valence-corrected chi connectivity index (χ3v) is 3.45. The van der Waals surface area contributed by atoms with Gasteiger partial charge in [0.25, 0.3) is 0 Å². The number of nitrogens with zero attached hydrogens (tertiary/aromatic N) is 3. The monoisotopic (exact) mass is 249 g/mol. The Labute approximate surface area is 109 Å². The molecule has 2 rings (SSSR count). The topological polar surface area (TPSA) is 62.7 Å². The molecule has 18 heavy (non-hydrogen) atoms. The van der Waals surface area contributed by atoms with E-state index in [0.717, 1.165) is 43.7 Å². The average Bonchev–Trinajstić information content (AvgIpc) is 2.91. The van der Waals surface area contributed by atoms with Crippen molar-refractivity contribution in [3.05, 3.63) is 11.4 Å². The number of aryl methyl sites for hydroxylation is 2. The van der Waals surface area contributed by atoms with Gasteiger partial charge < -0.3 is 10.6 Å². The minimum atomic E-state index is 0.658. The van der Waals surface area contributed by atoms with Crippen LogP contribution in [0.5, 0.6) is 0 Å². The number of aromatic nitrogens is 3. The first kappa shape index (κ1) is 13.2. The zero-order valence-corrected chi connectivity index (χ0v) is 11.4. The van der Waals surface area contributed by atoms with Crippen molar-refractivity contribution in [3.8, 4) is 0 Å². The Morgan fingerprint density at radius 2 is 2.06 bits per heavy atom. The summed E-state index contributed by atoms with van der Waals surface area (Å²) in [5.41, 5.74) is 2.08. The Bertz CT molecular complexity index is 374. The molecule has 0 aliphatic carbocycles. The van der Waals surface area contributed by atoms with Gasteiger partial charge in [-0.2, -0.15) is 5.10 Å². The summed E-state index contributed by atoms with van der Waals surface area (Å²) in [4.78, 5) is 4.52. The second-order valence-corrected chi connectivity index (χ2v) is 4.74. The highest BCUT2D eigenvalue weighted by molar-refractivity contribution is 5.25. The van der Waals surface area contributed by atoms with Gasteiger partial charge in [0.05, 0.1) is 11.4 Å². The SMILES string of the molecule is CCc1nnc(NCC[C@@H]2CCCN2)nc1CC. The van der Waals surface area contributed by atoms with Crippen molar-refractivity contribution in [1.82, 2.24) is 20.5 Å². The predicted octanol–water partition coefficient (Wildman–Crippen LogP) is 1.55. The zero-order valence-electron chi connectivity index (χ0n) is 11.4. The van der Waals surface area contributed by atoms with E-state index >= 15 is 0 Å². The van der Waals surface area contributed by atoms with Crippen LogP contribution in [0.1, 0.15) is 44.5 Å². The molecule has 5 nitrogen and oxygen atoms in total. The van der Waals surface area contributed by atoms with Crippen LogP contribution >= 0.6 is 0 Å². The second kappa shape index (κ2) is 6.64. The molecule has 0 spiro atoms. The van der Waals surface area contributed by atoms with Gasteiger partial charge in [-0.05, 0) is 38.6 Å². The van der Waals surface area contributed by atoms with Gasteiger partial charge >= 0.3 is 0 Å². The molecule has 1 fully saturated rings. The highest BCUT2D eigenvalue weighted by atomic mass is 15.2. The highest BCUT2D eigenvalue weighted by Gasteiger charge is 2.13. The van der Waals surface area contributed by atoms with Crippen molar-refractivity contribution in [3.63, 3.8) is 0 Å². The number of hydrogen-bond donors (Lipinski definition) is 2. The molecule has 100 valence electrons. The van der Waals surface area contributed by atoms with Crippen LogP contribution in [0, 0.1) is 0 Å². The fourth-order valence-electron chi connectivity index (χ4n) is 2.37. The van der Waals surface area contributed by atoms with Crippen LogP contribution in [0.4, 0.5) is 5.95 Å². The molecule has 2 heterocycles. The second-order valence-electron chi connectivity index (χ2n) is 4.74. The van der Waals surface area contributed by atoms with Crippen molar-refractivity contribution < 1.29 is 0 Å². The fourth-order valence-corrected chi connectivity index (χ4v) is 2.37. The predicted molar refractivity (Wildman–Crippen MR) is 72.7 cm³/mol. The van der Waals surface area contributed by atoms with E-state index in [9.17, 15) is 0 Å². The summed E-state index contributed by atoms with van der Waals surface area (Å²) >= 11 is 0. The van der Waals surface area contributed by atoms with Gasteiger partial charge in [0, 0.05) is 12.6 Å². The van der Waals surface area contributed by atoms with Crippen LogP contribution in [0.25, 0.3) is 0 Å². The number of hydrogen-bond acceptors (Lipinski definition) is 5. The van der Waals surface area contributed by atoms with Crippen LogP contribution in [-0.2, 0) is 12.8 Å². The number of nitrogens with one attached hydrogen (secondary N) is 2. The van der Waals surface area contributed by atoms with Gasteiger partial charge in [-0.25, -0.2) is 4.98 Å². The third kappa shape index (κ3) is 3.38. The lowest BCUT2D eigenvalue weighted by Crippen LogP contribution is -2.24. The highest BCUT2D eigenvalue weighted by Crippen LogP contribution is 2.10. The molecule has 0 bridgehead atoms. The number of anilines is 1. The van der Waals surface area contributed by atoms with E-state index in [-0.39, 0.29) is 0 Å². The molecule has 0 amide bonds. The molecular formula is C13H23N5. The lowest BCUT2D eigenvalue weighted by molar-refractivity contribution is 0.573. The fraction of sp³-hybridized carbons (Fsp3) is 0.769. The Hall–Kier alpha value is -1.23. The molecule has 1 aromatic heterocycles. The van der Waals surface area contributed by atoms with E-state index in [4.69, 9.17) is 0 Å². The smallest absolute Gasteiger partial charge is 0.242 e. The summed E-state index contributed by atoms with van der Waals surface area (Å²) in [6, 6.07) is 0.658. The van der Waals surface area contributed by atoms with Gasteiger partial charge in [-0.15, -0.1) is 5.10 Å². The summed E-state index contributed by atoms with van der Waals surface area (Å²) in [6.45, 7) is 6.26. The Kier molecular flexibility index (Phi) is 4.87. The van der Waals surface area contributed by atoms with Crippen molar-refractivity contribution in [2.75, 3.05) is 18.4 Å². The summed E-state index contributed by atoms with van der Waals surface area (Å²) < 4.78 is 0. The largest absolute Gasteiger partial charge is 0.353 e. The maximum Gasteiger partial charge on any atom is 0.242 e.